The van der Waals surface area contributed by atoms with E-state index in [1.165, 1.54) is 43.2 Å². The number of nitriles is 2. The summed E-state index contributed by atoms with van der Waals surface area (Å²) in [5.74, 6) is -1.71. The number of amidine groups is 1. The quantitative estimate of drug-likeness (QED) is 0.248. The van der Waals surface area contributed by atoms with Gasteiger partial charge in [0.1, 0.15) is 23.6 Å². The number of nitrogens with one attached hydrogen (secondary N) is 2. The van der Waals surface area contributed by atoms with Crippen molar-refractivity contribution in [1.82, 2.24) is 20.3 Å². The zero-order chi connectivity index (χ0) is 30.5. The molecule has 0 aliphatic carbocycles. The average Bonchev–Trinajstić information content (AvgIpc) is 3.04. The van der Waals surface area contributed by atoms with Crippen LogP contribution in [0.3, 0.4) is 0 Å². The Morgan fingerprint density at radius 3 is 2.49 bits per heavy atom. The number of aromatic nitrogens is 2. The van der Waals surface area contributed by atoms with Gasteiger partial charge >= 0.3 is 0 Å². The lowest BCUT2D eigenvalue weighted by Gasteiger charge is -2.39. The number of aliphatic imine (C=N–C) groups is 1. The van der Waals surface area contributed by atoms with E-state index in [0.29, 0.717) is 54.4 Å². The molecule has 0 radical (unpaired) electrons. The second-order valence-corrected chi connectivity index (χ2v) is 10.0. The third kappa shape index (κ3) is 5.93. The molecule has 2 aromatic carbocycles. The van der Waals surface area contributed by atoms with E-state index in [1.54, 1.807) is 24.4 Å². The fourth-order valence-electron chi connectivity index (χ4n) is 5.37. The topological polar surface area (TPSA) is 180 Å². The first-order chi connectivity index (χ1) is 20.9. The SMILES string of the molecule is COc1ccc(C2=CN=C(N3CCC(Nc4ncc(C(=O)NO)cn4)CC3)C(C#N)C2c2ccc(C#N)c(F)c2)cc1O. The molecule has 13 heteroatoms. The van der Waals surface area contributed by atoms with Crippen molar-refractivity contribution in [1.29, 1.82) is 10.5 Å². The molecular weight excluding hydrogens is 555 g/mol. The number of anilines is 1. The molecule has 0 bridgehead atoms. The number of halogens is 1. The van der Waals surface area contributed by atoms with Gasteiger partial charge in [-0.25, -0.2) is 24.8 Å². The summed E-state index contributed by atoms with van der Waals surface area (Å²) in [6.45, 7) is 1.14. The van der Waals surface area contributed by atoms with Gasteiger partial charge in [-0.05, 0) is 53.8 Å². The van der Waals surface area contributed by atoms with E-state index in [4.69, 9.17) is 14.9 Å². The van der Waals surface area contributed by atoms with Crippen LogP contribution in [0, 0.1) is 34.4 Å². The van der Waals surface area contributed by atoms with Crippen molar-refractivity contribution in [3.05, 3.63) is 83.1 Å². The highest BCUT2D eigenvalue weighted by molar-refractivity contribution is 5.95. The second kappa shape index (κ2) is 12.5. The molecule has 0 saturated carbocycles. The minimum Gasteiger partial charge on any atom is -0.504 e. The summed E-state index contributed by atoms with van der Waals surface area (Å²) in [5, 5.41) is 42.1. The Morgan fingerprint density at radius 2 is 1.88 bits per heavy atom. The van der Waals surface area contributed by atoms with E-state index in [2.05, 4.69) is 21.4 Å². The molecule has 1 aromatic heterocycles. The van der Waals surface area contributed by atoms with Crippen molar-refractivity contribution in [2.45, 2.75) is 24.8 Å². The Labute approximate surface area is 246 Å². The fraction of sp³-hybridized carbons (Fsp3) is 0.267. The first kappa shape index (κ1) is 29.0. The third-order valence-electron chi connectivity index (χ3n) is 7.57. The van der Waals surface area contributed by atoms with Gasteiger partial charge in [0, 0.05) is 43.6 Å². The van der Waals surface area contributed by atoms with Crippen LogP contribution in [0.2, 0.25) is 0 Å². The number of ether oxygens (including phenoxy) is 1. The number of hydrogen-bond acceptors (Lipinski definition) is 11. The summed E-state index contributed by atoms with van der Waals surface area (Å²) in [4.78, 5) is 26.5. The van der Waals surface area contributed by atoms with Gasteiger partial charge in [-0.1, -0.05) is 12.1 Å². The van der Waals surface area contributed by atoms with Gasteiger partial charge < -0.3 is 20.1 Å². The maximum atomic E-state index is 14.8. The Morgan fingerprint density at radius 1 is 1.14 bits per heavy atom. The number of carbonyl (C=O) groups excluding carboxylic acids is 1. The van der Waals surface area contributed by atoms with Crippen LogP contribution in [0.4, 0.5) is 10.3 Å². The molecule has 3 aromatic rings. The van der Waals surface area contributed by atoms with Gasteiger partial charge in [0.05, 0.1) is 24.3 Å². The van der Waals surface area contributed by atoms with Gasteiger partial charge in [0.2, 0.25) is 5.95 Å². The van der Waals surface area contributed by atoms with Crippen LogP contribution in [-0.4, -0.2) is 63.2 Å². The van der Waals surface area contributed by atoms with Crippen molar-refractivity contribution in [2.75, 3.05) is 25.5 Å². The third-order valence-corrected chi connectivity index (χ3v) is 7.57. The molecular formula is C30H27FN8O4. The Bertz CT molecular complexity index is 1670. The van der Waals surface area contributed by atoms with Crippen LogP contribution in [0.25, 0.3) is 5.57 Å². The van der Waals surface area contributed by atoms with Crippen molar-refractivity contribution in [3.63, 3.8) is 0 Å². The van der Waals surface area contributed by atoms with Crippen molar-refractivity contribution < 1.29 is 24.2 Å². The Kier molecular flexibility index (Phi) is 8.46. The Hall–Kier alpha value is -5.53. The number of nitrogens with zero attached hydrogens (tertiary/aromatic N) is 6. The minimum atomic E-state index is -0.783. The summed E-state index contributed by atoms with van der Waals surface area (Å²) in [6.07, 6.45) is 5.62. The maximum absolute atomic E-state index is 14.8. The molecule has 1 saturated heterocycles. The molecule has 4 N–H and O–H groups in total. The number of aromatic hydroxyl groups is 1. The van der Waals surface area contributed by atoms with Crippen molar-refractivity contribution >= 4 is 23.3 Å². The lowest BCUT2D eigenvalue weighted by molar-refractivity contribution is 0.0705. The van der Waals surface area contributed by atoms with Crippen LogP contribution < -0.4 is 15.5 Å². The van der Waals surface area contributed by atoms with E-state index >= 15 is 0 Å². The van der Waals surface area contributed by atoms with Gasteiger partial charge in [-0.15, -0.1) is 0 Å². The van der Waals surface area contributed by atoms with Gasteiger partial charge in [-0.2, -0.15) is 10.5 Å². The number of amides is 1. The summed E-state index contributed by atoms with van der Waals surface area (Å²) in [7, 11) is 1.44. The first-order valence-electron chi connectivity index (χ1n) is 13.4. The van der Waals surface area contributed by atoms with Crippen LogP contribution in [0.1, 0.15) is 45.8 Å². The zero-order valence-corrected chi connectivity index (χ0v) is 23.0. The van der Waals surface area contributed by atoms with Crippen molar-refractivity contribution in [2.24, 2.45) is 10.9 Å². The number of hydroxylamine groups is 1. The standard InChI is InChI=1S/C30H27FN8O4/c1-43-26-5-4-17(11-25(26)40)23-16-34-28(22(13-33)27(23)18-2-3-19(12-32)24(31)10-18)39-8-6-21(7-9-39)37-30-35-14-20(15-36-30)29(41)38-42/h2-5,10-11,14-16,21-22,27,40,42H,6-9H2,1H3,(H,38,41)(H,35,36,37). The zero-order valence-electron chi connectivity index (χ0n) is 23.0. The fourth-order valence-corrected chi connectivity index (χ4v) is 5.37. The summed E-state index contributed by atoms with van der Waals surface area (Å²) < 4.78 is 20.0. The summed E-state index contributed by atoms with van der Waals surface area (Å²) in [5.41, 5.74) is 3.28. The summed E-state index contributed by atoms with van der Waals surface area (Å²) >= 11 is 0. The van der Waals surface area contributed by atoms with E-state index in [0.717, 1.165) is 0 Å². The predicted octanol–water partition coefficient (Wildman–Crippen LogP) is 3.57. The van der Waals surface area contributed by atoms with Gasteiger partial charge in [0.15, 0.2) is 11.5 Å². The smallest absolute Gasteiger partial charge is 0.277 e. The summed E-state index contributed by atoms with van der Waals surface area (Å²) in [6, 6.07) is 13.4. The highest BCUT2D eigenvalue weighted by Crippen LogP contribution is 2.44. The van der Waals surface area contributed by atoms with Gasteiger partial charge in [-0.3, -0.25) is 10.0 Å². The van der Waals surface area contributed by atoms with Crippen LogP contribution in [0.5, 0.6) is 11.5 Å². The number of piperidine rings is 1. The molecule has 0 spiro atoms. The molecule has 5 rings (SSSR count). The maximum Gasteiger partial charge on any atom is 0.277 e. The monoisotopic (exact) mass is 582 g/mol. The largest absolute Gasteiger partial charge is 0.504 e. The lowest BCUT2D eigenvalue weighted by Crippen LogP contribution is -2.46. The lowest BCUT2D eigenvalue weighted by atomic mass is 9.76. The number of rotatable bonds is 6. The molecule has 2 atom stereocenters. The first-order valence-corrected chi connectivity index (χ1v) is 13.4. The number of benzene rings is 2. The van der Waals surface area contributed by atoms with E-state index in [-0.39, 0.29) is 28.7 Å². The van der Waals surface area contributed by atoms with E-state index in [1.807, 2.05) is 11.0 Å². The normalized spacial score (nSPS) is 18.5. The number of carbonyl (C=O) groups is 1. The minimum absolute atomic E-state index is 0.0234. The van der Waals surface area contributed by atoms with Crippen LogP contribution >= 0.6 is 0 Å². The molecule has 12 nitrogen and oxygen atoms in total. The molecule has 2 aliphatic rings. The number of methoxy groups -OCH3 is 1. The number of likely N-dealkylation sites (tertiary alicyclic amines) is 1. The van der Waals surface area contributed by atoms with Gasteiger partial charge in [0.25, 0.3) is 5.91 Å². The average molecular weight is 583 g/mol. The van der Waals surface area contributed by atoms with Crippen LogP contribution in [-0.2, 0) is 0 Å². The molecule has 2 aliphatic heterocycles. The predicted molar refractivity (Wildman–Crippen MR) is 153 cm³/mol. The van der Waals surface area contributed by atoms with E-state index in [9.17, 15) is 24.8 Å². The highest BCUT2D eigenvalue weighted by Gasteiger charge is 2.38. The number of hydrogen-bond donors (Lipinski definition) is 4. The van der Waals surface area contributed by atoms with Crippen molar-refractivity contribution in [3.8, 4) is 23.6 Å². The van der Waals surface area contributed by atoms with Crippen LogP contribution in [0.15, 0.2) is 60.0 Å². The van der Waals surface area contributed by atoms with E-state index < -0.39 is 23.6 Å². The molecule has 3 heterocycles. The second-order valence-electron chi connectivity index (χ2n) is 10.0. The number of allylic oxidation sites excluding steroid dienone is 1. The molecule has 1 amide bonds. The number of phenolic OH excluding ortho intramolecular Hbond substituents is 1. The number of phenols is 1. The highest BCUT2D eigenvalue weighted by atomic mass is 19.1. The molecule has 1 fully saturated rings. The molecule has 218 valence electrons. The Balaban J connectivity index is 1.41. The molecule has 43 heavy (non-hydrogen) atoms. The molecule has 2 unspecified atom stereocenters.